The molecule has 17 heavy (non-hydrogen) atoms. The fourth-order valence-electron chi connectivity index (χ4n) is 2.17. The van der Waals surface area contributed by atoms with Crippen LogP contribution in [0.15, 0.2) is 18.2 Å². The number of nitrogens with two attached hydrogens (primary N) is 1. The van der Waals surface area contributed by atoms with Crippen molar-refractivity contribution in [2.24, 2.45) is 11.8 Å². The van der Waals surface area contributed by atoms with Crippen molar-refractivity contribution in [3.05, 3.63) is 28.8 Å². The van der Waals surface area contributed by atoms with E-state index in [-0.39, 0.29) is 5.91 Å². The normalized spacial score (nSPS) is 24.1. The summed E-state index contributed by atoms with van der Waals surface area (Å²) in [4.78, 5) is 14.1. The summed E-state index contributed by atoms with van der Waals surface area (Å²) in [5.74, 6) is 1.10. The average molecular weight is 253 g/mol. The number of halogens is 1. The van der Waals surface area contributed by atoms with Gasteiger partial charge in [0.05, 0.1) is 10.6 Å². The molecule has 2 rings (SSSR count). The fraction of sp³-hybridized carbons (Fsp3) is 0.462. The van der Waals surface area contributed by atoms with E-state index in [2.05, 4.69) is 13.8 Å². The summed E-state index contributed by atoms with van der Waals surface area (Å²) in [5, 5.41) is 0.433. The lowest BCUT2D eigenvalue weighted by atomic mass is 10.0. The van der Waals surface area contributed by atoms with Crippen molar-refractivity contribution in [2.45, 2.75) is 13.8 Å². The van der Waals surface area contributed by atoms with Gasteiger partial charge in [-0.25, -0.2) is 0 Å². The van der Waals surface area contributed by atoms with E-state index >= 15 is 0 Å². The Labute approximate surface area is 107 Å². The predicted molar refractivity (Wildman–Crippen MR) is 70.1 cm³/mol. The minimum atomic E-state index is 0.00574. The lowest BCUT2D eigenvalue weighted by Gasteiger charge is -2.17. The van der Waals surface area contributed by atoms with Gasteiger partial charge in [-0.2, -0.15) is 0 Å². The number of nitrogens with zero attached hydrogens (tertiary/aromatic N) is 1. The molecule has 1 aliphatic rings. The molecule has 3 nitrogen and oxygen atoms in total. The molecule has 1 amide bonds. The molecule has 92 valence electrons. The van der Waals surface area contributed by atoms with E-state index in [1.165, 1.54) is 0 Å². The van der Waals surface area contributed by atoms with Gasteiger partial charge in [-0.1, -0.05) is 25.4 Å². The van der Waals surface area contributed by atoms with Gasteiger partial charge in [0.25, 0.3) is 5.91 Å². The molecular weight excluding hydrogens is 236 g/mol. The maximum absolute atomic E-state index is 12.3. The second-order valence-corrected chi connectivity index (χ2v) is 5.31. The van der Waals surface area contributed by atoms with Crippen molar-refractivity contribution in [3.8, 4) is 0 Å². The molecule has 0 bridgehead atoms. The van der Waals surface area contributed by atoms with Crippen LogP contribution in [-0.4, -0.2) is 23.9 Å². The third-order valence-electron chi connectivity index (χ3n) is 3.50. The first-order valence-electron chi connectivity index (χ1n) is 5.83. The van der Waals surface area contributed by atoms with E-state index < -0.39 is 0 Å². The number of carbonyl (C=O) groups is 1. The second-order valence-electron chi connectivity index (χ2n) is 4.90. The number of amides is 1. The van der Waals surface area contributed by atoms with Crippen molar-refractivity contribution in [1.82, 2.24) is 4.90 Å². The van der Waals surface area contributed by atoms with E-state index in [4.69, 9.17) is 17.3 Å². The van der Waals surface area contributed by atoms with Gasteiger partial charge in [0, 0.05) is 18.8 Å². The highest BCUT2D eigenvalue weighted by atomic mass is 35.5. The maximum Gasteiger partial charge on any atom is 0.255 e. The third-order valence-corrected chi connectivity index (χ3v) is 3.81. The number of likely N-dealkylation sites (tertiary alicyclic amines) is 1. The Bertz CT molecular complexity index is 437. The van der Waals surface area contributed by atoms with E-state index in [0.717, 1.165) is 13.1 Å². The highest BCUT2D eigenvalue weighted by Crippen LogP contribution is 2.26. The zero-order chi connectivity index (χ0) is 12.6. The Morgan fingerprint density at radius 1 is 1.35 bits per heavy atom. The Hall–Kier alpha value is -1.22. The molecular formula is C13H17ClN2O. The molecule has 0 spiro atoms. The number of nitrogen functional groups attached to an aromatic ring is 1. The molecule has 0 aromatic heterocycles. The second kappa shape index (κ2) is 4.57. The topological polar surface area (TPSA) is 46.3 Å². The summed E-state index contributed by atoms with van der Waals surface area (Å²) in [6.45, 7) is 5.95. The highest BCUT2D eigenvalue weighted by Gasteiger charge is 2.30. The minimum absolute atomic E-state index is 0.00574. The van der Waals surface area contributed by atoms with Crippen LogP contribution in [0.1, 0.15) is 24.2 Å². The maximum atomic E-state index is 12.3. The van der Waals surface area contributed by atoms with Crippen molar-refractivity contribution in [1.29, 1.82) is 0 Å². The van der Waals surface area contributed by atoms with Crippen molar-refractivity contribution >= 4 is 23.2 Å². The number of rotatable bonds is 1. The lowest BCUT2D eigenvalue weighted by Crippen LogP contribution is -2.29. The summed E-state index contributed by atoms with van der Waals surface area (Å²) < 4.78 is 0. The van der Waals surface area contributed by atoms with Crippen LogP contribution in [0.3, 0.4) is 0 Å². The summed E-state index contributed by atoms with van der Waals surface area (Å²) in [7, 11) is 0. The van der Waals surface area contributed by atoms with Gasteiger partial charge in [-0.3, -0.25) is 4.79 Å². The molecule has 2 unspecified atom stereocenters. The SMILES string of the molecule is CC1CN(C(=O)c2ccc(N)cc2Cl)CC1C. The van der Waals surface area contributed by atoms with Crippen LogP contribution in [0.2, 0.25) is 5.02 Å². The van der Waals surface area contributed by atoms with E-state index in [9.17, 15) is 4.79 Å². The van der Waals surface area contributed by atoms with Gasteiger partial charge in [0.2, 0.25) is 0 Å². The minimum Gasteiger partial charge on any atom is -0.399 e. The van der Waals surface area contributed by atoms with E-state index in [1.807, 2.05) is 4.90 Å². The third kappa shape index (κ3) is 2.39. The molecule has 4 heteroatoms. The largest absolute Gasteiger partial charge is 0.399 e. The van der Waals surface area contributed by atoms with Crippen LogP contribution >= 0.6 is 11.6 Å². The standard InChI is InChI=1S/C13H17ClN2O/c1-8-6-16(7-9(8)2)13(17)11-4-3-10(15)5-12(11)14/h3-5,8-9H,6-7,15H2,1-2H3. The first kappa shape index (κ1) is 12.2. The number of anilines is 1. The lowest BCUT2D eigenvalue weighted by molar-refractivity contribution is 0.0785. The molecule has 2 atom stereocenters. The fourth-order valence-corrected chi connectivity index (χ4v) is 2.44. The van der Waals surface area contributed by atoms with Crippen molar-refractivity contribution in [3.63, 3.8) is 0 Å². The first-order valence-corrected chi connectivity index (χ1v) is 6.21. The van der Waals surface area contributed by atoms with Crippen molar-refractivity contribution in [2.75, 3.05) is 18.8 Å². The molecule has 0 aliphatic carbocycles. The Morgan fingerprint density at radius 3 is 2.47 bits per heavy atom. The smallest absolute Gasteiger partial charge is 0.255 e. The van der Waals surface area contributed by atoms with Crippen molar-refractivity contribution < 1.29 is 4.79 Å². The number of hydrogen-bond acceptors (Lipinski definition) is 2. The van der Waals surface area contributed by atoms with Crippen LogP contribution in [0.5, 0.6) is 0 Å². The van der Waals surface area contributed by atoms with Crippen LogP contribution in [0.4, 0.5) is 5.69 Å². The number of carbonyl (C=O) groups excluding carboxylic acids is 1. The summed E-state index contributed by atoms with van der Waals surface area (Å²) in [5.41, 5.74) is 6.74. The summed E-state index contributed by atoms with van der Waals surface area (Å²) in [6.07, 6.45) is 0. The van der Waals surface area contributed by atoms with Gasteiger partial charge in [-0.15, -0.1) is 0 Å². The Kier molecular flexibility index (Phi) is 3.29. The Morgan fingerprint density at radius 2 is 1.94 bits per heavy atom. The summed E-state index contributed by atoms with van der Waals surface area (Å²) >= 11 is 6.05. The molecule has 1 aliphatic heterocycles. The van der Waals surface area contributed by atoms with Crippen LogP contribution in [-0.2, 0) is 0 Å². The van der Waals surface area contributed by atoms with Gasteiger partial charge in [0.1, 0.15) is 0 Å². The molecule has 1 saturated heterocycles. The monoisotopic (exact) mass is 252 g/mol. The van der Waals surface area contributed by atoms with Gasteiger partial charge < -0.3 is 10.6 Å². The first-order chi connectivity index (χ1) is 7.99. The van der Waals surface area contributed by atoms with E-state index in [0.29, 0.717) is 28.1 Å². The predicted octanol–water partition coefficient (Wildman–Crippen LogP) is 2.65. The molecule has 2 N–H and O–H groups in total. The van der Waals surface area contributed by atoms with Gasteiger partial charge in [0.15, 0.2) is 0 Å². The van der Waals surface area contributed by atoms with Crippen LogP contribution in [0, 0.1) is 11.8 Å². The summed E-state index contributed by atoms with van der Waals surface area (Å²) in [6, 6.07) is 5.04. The van der Waals surface area contributed by atoms with E-state index in [1.54, 1.807) is 18.2 Å². The number of benzene rings is 1. The van der Waals surface area contributed by atoms with Crippen LogP contribution in [0.25, 0.3) is 0 Å². The average Bonchev–Trinajstić information content (AvgIpc) is 2.58. The van der Waals surface area contributed by atoms with Gasteiger partial charge >= 0.3 is 0 Å². The Balaban J connectivity index is 2.20. The van der Waals surface area contributed by atoms with Crippen LogP contribution < -0.4 is 5.73 Å². The molecule has 1 aromatic rings. The van der Waals surface area contributed by atoms with Gasteiger partial charge in [-0.05, 0) is 30.0 Å². The molecule has 1 heterocycles. The quantitative estimate of drug-likeness (QED) is 0.781. The number of hydrogen-bond donors (Lipinski definition) is 1. The highest BCUT2D eigenvalue weighted by molar-refractivity contribution is 6.34. The zero-order valence-electron chi connectivity index (χ0n) is 10.1. The molecule has 0 saturated carbocycles. The molecule has 1 fully saturated rings. The zero-order valence-corrected chi connectivity index (χ0v) is 10.9. The molecule has 0 radical (unpaired) electrons. The molecule has 1 aromatic carbocycles.